The van der Waals surface area contributed by atoms with Gasteiger partial charge >= 0.3 is 11.1 Å². The molecule has 0 radical (unpaired) electrons. The van der Waals surface area contributed by atoms with Gasteiger partial charge in [-0.25, -0.2) is 4.68 Å². The quantitative estimate of drug-likeness (QED) is 0.374. The first kappa shape index (κ1) is 22.0. The number of para-hydroxylation sites is 1. The number of pyridine rings is 1. The largest absolute Gasteiger partial charge is 0.348 e. The lowest BCUT2D eigenvalue weighted by Crippen LogP contribution is -2.36. The molecule has 0 aliphatic carbocycles. The summed E-state index contributed by atoms with van der Waals surface area (Å²) < 4.78 is 3.16. The lowest BCUT2D eigenvalue weighted by Gasteiger charge is -2.09. The number of hydrogen-bond acceptors (Lipinski definition) is 5. The SMILES string of the molecule is CCn1c(=O)c(=O)[nH]c2cc(C(=O)NCc3cn(-c4ccccc4)nc3-c3ccncc3)ccc21. The number of nitrogens with zero attached hydrogens (tertiary/aromatic N) is 4. The number of aromatic nitrogens is 5. The first-order chi connectivity index (χ1) is 17.0. The number of fused-ring (bicyclic) bond motifs is 1. The third kappa shape index (κ3) is 4.26. The van der Waals surface area contributed by atoms with Crippen LogP contribution in [0.3, 0.4) is 0 Å². The summed E-state index contributed by atoms with van der Waals surface area (Å²) in [7, 11) is 0. The van der Waals surface area contributed by atoms with Gasteiger partial charge in [0.25, 0.3) is 5.91 Å². The molecule has 1 amide bonds. The van der Waals surface area contributed by atoms with E-state index in [4.69, 9.17) is 5.10 Å². The van der Waals surface area contributed by atoms with Gasteiger partial charge in [-0.3, -0.25) is 19.4 Å². The first-order valence-corrected chi connectivity index (χ1v) is 11.1. The molecule has 0 fully saturated rings. The number of nitrogens with one attached hydrogen (secondary N) is 2. The molecule has 0 bridgehead atoms. The van der Waals surface area contributed by atoms with Gasteiger partial charge in [-0.15, -0.1) is 0 Å². The molecule has 0 unspecified atom stereocenters. The lowest BCUT2D eigenvalue weighted by atomic mass is 10.1. The Kier molecular flexibility index (Phi) is 5.80. The van der Waals surface area contributed by atoms with Crippen molar-refractivity contribution < 1.29 is 4.79 Å². The zero-order valence-corrected chi connectivity index (χ0v) is 18.9. The molecule has 0 saturated heterocycles. The highest BCUT2D eigenvalue weighted by Gasteiger charge is 2.15. The molecule has 5 rings (SSSR count). The summed E-state index contributed by atoms with van der Waals surface area (Å²) in [6.07, 6.45) is 5.29. The van der Waals surface area contributed by atoms with Crippen LogP contribution in [0.2, 0.25) is 0 Å². The van der Waals surface area contributed by atoms with Crippen LogP contribution in [-0.4, -0.2) is 30.2 Å². The van der Waals surface area contributed by atoms with E-state index in [9.17, 15) is 14.4 Å². The molecule has 3 heterocycles. The van der Waals surface area contributed by atoms with Crippen molar-refractivity contribution in [2.45, 2.75) is 20.0 Å². The minimum Gasteiger partial charge on any atom is -0.348 e. The van der Waals surface area contributed by atoms with Gasteiger partial charge in [-0.2, -0.15) is 5.10 Å². The van der Waals surface area contributed by atoms with Crippen molar-refractivity contribution in [1.29, 1.82) is 0 Å². The number of aromatic amines is 1. The molecule has 0 saturated carbocycles. The van der Waals surface area contributed by atoms with Crippen molar-refractivity contribution in [3.05, 3.63) is 111 Å². The highest BCUT2D eigenvalue weighted by Crippen LogP contribution is 2.23. The van der Waals surface area contributed by atoms with Crippen LogP contribution in [0.25, 0.3) is 28.0 Å². The van der Waals surface area contributed by atoms with E-state index in [-0.39, 0.29) is 12.5 Å². The predicted molar refractivity (Wildman–Crippen MR) is 132 cm³/mol. The van der Waals surface area contributed by atoms with Crippen LogP contribution in [-0.2, 0) is 13.1 Å². The van der Waals surface area contributed by atoms with Gasteiger partial charge in [0.2, 0.25) is 0 Å². The Balaban J connectivity index is 1.45. The summed E-state index contributed by atoms with van der Waals surface area (Å²) in [6, 6.07) is 18.4. The van der Waals surface area contributed by atoms with E-state index >= 15 is 0 Å². The van der Waals surface area contributed by atoms with Gasteiger partial charge in [0.15, 0.2) is 0 Å². The van der Waals surface area contributed by atoms with Gasteiger partial charge in [-0.1, -0.05) is 18.2 Å². The second-order valence-corrected chi connectivity index (χ2v) is 7.94. The van der Waals surface area contributed by atoms with E-state index in [1.54, 1.807) is 42.2 Å². The minimum atomic E-state index is -0.716. The standard InChI is InChI=1S/C26H22N6O3/c1-2-31-22-9-8-18(14-21(22)29-25(34)26(31)35)24(33)28-15-19-16-32(20-6-4-3-5-7-20)30-23(19)17-10-12-27-13-11-17/h3-14,16H,2,15H2,1H3,(H,28,33)(H,29,34). The average molecular weight is 467 g/mol. The van der Waals surface area contributed by atoms with Gasteiger partial charge in [0.05, 0.1) is 22.4 Å². The van der Waals surface area contributed by atoms with Crippen molar-refractivity contribution in [2.24, 2.45) is 0 Å². The van der Waals surface area contributed by atoms with E-state index in [0.717, 1.165) is 22.5 Å². The molecule has 0 atom stereocenters. The number of carbonyl (C=O) groups excluding carboxylic acids is 1. The fourth-order valence-electron chi connectivity index (χ4n) is 4.02. The Hall–Kier alpha value is -4.79. The summed E-state index contributed by atoms with van der Waals surface area (Å²) >= 11 is 0. The second kappa shape index (κ2) is 9.22. The lowest BCUT2D eigenvalue weighted by molar-refractivity contribution is 0.0951. The fraction of sp³-hybridized carbons (Fsp3) is 0.115. The third-order valence-corrected chi connectivity index (χ3v) is 5.76. The van der Waals surface area contributed by atoms with Crippen molar-refractivity contribution in [2.75, 3.05) is 0 Å². The number of amides is 1. The highest BCUT2D eigenvalue weighted by molar-refractivity contribution is 5.97. The average Bonchev–Trinajstić information content (AvgIpc) is 3.33. The highest BCUT2D eigenvalue weighted by atomic mass is 16.2. The summed E-state index contributed by atoms with van der Waals surface area (Å²) in [5, 5.41) is 7.69. The Morgan fingerprint density at radius 1 is 1.03 bits per heavy atom. The van der Waals surface area contributed by atoms with E-state index in [1.165, 1.54) is 4.57 Å². The van der Waals surface area contributed by atoms with Crippen LogP contribution >= 0.6 is 0 Å². The topological polar surface area (TPSA) is 115 Å². The molecule has 5 aromatic rings. The van der Waals surface area contributed by atoms with Crippen molar-refractivity contribution in [1.82, 2.24) is 29.6 Å². The molecule has 35 heavy (non-hydrogen) atoms. The third-order valence-electron chi connectivity index (χ3n) is 5.76. The molecular weight excluding hydrogens is 444 g/mol. The Labute approximate surface area is 199 Å². The van der Waals surface area contributed by atoms with Crippen LogP contribution in [0.15, 0.2) is 88.8 Å². The van der Waals surface area contributed by atoms with E-state index < -0.39 is 11.1 Å². The fourth-order valence-corrected chi connectivity index (χ4v) is 4.02. The van der Waals surface area contributed by atoms with E-state index in [1.807, 2.05) is 48.7 Å². The molecule has 9 nitrogen and oxygen atoms in total. The maximum Gasteiger partial charge on any atom is 0.316 e. The van der Waals surface area contributed by atoms with Crippen LogP contribution in [0, 0.1) is 0 Å². The summed E-state index contributed by atoms with van der Waals surface area (Å²) in [4.78, 5) is 43.7. The number of hydrogen-bond donors (Lipinski definition) is 2. The zero-order valence-electron chi connectivity index (χ0n) is 18.9. The van der Waals surface area contributed by atoms with Gasteiger partial charge in [-0.05, 0) is 49.4 Å². The summed E-state index contributed by atoms with van der Waals surface area (Å²) in [5.41, 5.74) is 3.41. The van der Waals surface area contributed by atoms with Crippen molar-refractivity contribution in [3.8, 4) is 16.9 Å². The van der Waals surface area contributed by atoms with Crippen molar-refractivity contribution in [3.63, 3.8) is 0 Å². The van der Waals surface area contributed by atoms with E-state index in [0.29, 0.717) is 23.1 Å². The Morgan fingerprint density at radius 3 is 2.54 bits per heavy atom. The van der Waals surface area contributed by atoms with Crippen molar-refractivity contribution >= 4 is 16.9 Å². The maximum absolute atomic E-state index is 13.0. The number of H-pyrrole nitrogens is 1. The first-order valence-electron chi connectivity index (χ1n) is 11.1. The molecular formula is C26H22N6O3. The minimum absolute atomic E-state index is 0.242. The molecule has 0 spiro atoms. The molecule has 2 N–H and O–H groups in total. The molecule has 0 aliphatic rings. The summed E-state index contributed by atoms with van der Waals surface area (Å²) in [5.74, 6) is -0.310. The second-order valence-electron chi connectivity index (χ2n) is 7.94. The van der Waals surface area contributed by atoms with Crippen LogP contribution in [0.1, 0.15) is 22.8 Å². The molecule has 9 heteroatoms. The Bertz CT molecular complexity index is 1640. The molecule has 0 aliphatic heterocycles. The zero-order chi connectivity index (χ0) is 24.4. The number of benzene rings is 2. The predicted octanol–water partition coefficient (Wildman–Crippen LogP) is 2.89. The molecule has 174 valence electrons. The molecule has 2 aromatic carbocycles. The van der Waals surface area contributed by atoms with Crippen LogP contribution in [0.4, 0.5) is 0 Å². The monoisotopic (exact) mass is 466 g/mol. The van der Waals surface area contributed by atoms with Crippen LogP contribution < -0.4 is 16.4 Å². The Morgan fingerprint density at radius 2 is 1.80 bits per heavy atom. The summed E-state index contributed by atoms with van der Waals surface area (Å²) in [6.45, 7) is 2.39. The van der Waals surface area contributed by atoms with Crippen LogP contribution in [0.5, 0.6) is 0 Å². The van der Waals surface area contributed by atoms with Gasteiger partial charge in [0.1, 0.15) is 0 Å². The maximum atomic E-state index is 13.0. The number of carbonyl (C=O) groups is 1. The molecule has 3 aromatic heterocycles. The van der Waals surface area contributed by atoms with Gasteiger partial charge in [0, 0.05) is 48.4 Å². The number of rotatable bonds is 6. The normalized spacial score (nSPS) is 11.0. The van der Waals surface area contributed by atoms with E-state index in [2.05, 4.69) is 15.3 Å². The van der Waals surface area contributed by atoms with Gasteiger partial charge < -0.3 is 14.9 Å². The number of aryl methyl sites for hydroxylation is 1. The smallest absolute Gasteiger partial charge is 0.316 e.